The summed E-state index contributed by atoms with van der Waals surface area (Å²) in [7, 11) is 2.00. The summed E-state index contributed by atoms with van der Waals surface area (Å²) < 4.78 is 0. The van der Waals surface area contributed by atoms with Gasteiger partial charge in [-0.1, -0.05) is 13.0 Å². The van der Waals surface area contributed by atoms with Gasteiger partial charge in [-0.2, -0.15) is 0 Å². The molecule has 1 unspecified atom stereocenters. The first-order chi connectivity index (χ1) is 5.34. The van der Waals surface area contributed by atoms with Crippen molar-refractivity contribution in [2.75, 3.05) is 13.6 Å². The van der Waals surface area contributed by atoms with E-state index in [1.807, 2.05) is 18.4 Å². The summed E-state index contributed by atoms with van der Waals surface area (Å²) in [4.78, 5) is 1.50. The van der Waals surface area contributed by atoms with Gasteiger partial charge in [-0.05, 0) is 37.4 Å². The maximum absolute atomic E-state index is 3.17. The molecule has 1 N–H and O–H groups in total. The minimum absolute atomic E-state index is 0. The van der Waals surface area contributed by atoms with Crippen LogP contribution in [0.15, 0.2) is 17.5 Å². The SMILES string of the molecule is CNCCC(C)c1cccs1.Cl. The van der Waals surface area contributed by atoms with Crippen molar-refractivity contribution in [3.8, 4) is 0 Å². The van der Waals surface area contributed by atoms with Crippen LogP contribution in [-0.4, -0.2) is 13.6 Å². The van der Waals surface area contributed by atoms with Gasteiger partial charge in [0.15, 0.2) is 0 Å². The van der Waals surface area contributed by atoms with E-state index in [0.717, 1.165) is 6.54 Å². The molecule has 0 saturated heterocycles. The molecule has 12 heavy (non-hydrogen) atoms. The Labute approximate surface area is 84.6 Å². The summed E-state index contributed by atoms with van der Waals surface area (Å²) in [6, 6.07) is 4.33. The first-order valence-electron chi connectivity index (χ1n) is 4.02. The summed E-state index contributed by atoms with van der Waals surface area (Å²) in [5.41, 5.74) is 0. The number of nitrogens with one attached hydrogen (secondary N) is 1. The zero-order valence-electron chi connectivity index (χ0n) is 7.54. The van der Waals surface area contributed by atoms with Crippen molar-refractivity contribution in [3.05, 3.63) is 22.4 Å². The van der Waals surface area contributed by atoms with Crippen LogP contribution < -0.4 is 5.32 Å². The molecule has 1 atom stereocenters. The Morgan fingerprint density at radius 3 is 2.83 bits per heavy atom. The fourth-order valence-electron chi connectivity index (χ4n) is 1.07. The molecule has 1 nitrogen and oxygen atoms in total. The largest absolute Gasteiger partial charge is 0.320 e. The van der Waals surface area contributed by atoms with E-state index in [9.17, 15) is 0 Å². The Balaban J connectivity index is 0.00000121. The predicted molar refractivity (Wildman–Crippen MR) is 58.5 cm³/mol. The van der Waals surface area contributed by atoms with Gasteiger partial charge in [0.25, 0.3) is 0 Å². The number of hydrogen-bond acceptors (Lipinski definition) is 2. The van der Waals surface area contributed by atoms with Crippen LogP contribution >= 0.6 is 23.7 Å². The van der Waals surface area contributed by atoms with E-state index in [4.69, 9.17) is 0 Å². The highest BCUT2D eigenvalue weighted by Gasteiger charge is 2.04. The number of rotatable bonds is 4. The second-order valence-corrected chi connectivity index (χ2v) is 3.79. The van der Waals surface area contributed by atoms with Crippen LogP contribution in [0.2, 0.25) is 0 Å². The second kappa shape index (κ2) is 6.46. The third kappa shape index (κ3) is 3.57. The molecule has 0 amide bonds. The van der Waals surface area contributed by atoms with Crippen molar-refractivity contribution in [2.45, 2.75) is 19.3 Å². The molecule has 3 heteroatoms. The molecule has 1 heterocycles. The van der Waals surface area contributed by atoms with Crippen LogP contribution in [0.1, 0.15) is 24.1 Å². The Bertz CT molecular complexity index is 186. The van der Waals surface area contributed by atoms with Crippen molar-refractivity contribution in [3.63, 3.8) is 0 Å². The molecule has 0 aliphatic carbocycles. The average molecular weight is 206 g/mol. The summed E-state index contributed by atoms with van der Waals surface area (Å²) in [5, 5.41) is 5.31. The molecule has 1 aromatic rings. The predicted octanol–water partition coefficient (Wildman–Crippen LogP) is 2.88. The quantitative estimate of drug-likeness (QED) is 0.797. The van der Waals surface area contributed by atoms with E-state index < -0.39 is 0 Å². The van der Waals surface area contributed by atoms with Gasteiger partial charge in [0.1, 0.15) is 0 Å². The Morgan fingerprint density at radius 2 is 2.33 bits per heavy atom. The molecular formula is C9H16ClNS. The average Bonchev–Trinajstić information content (AvgIpc) is 2.52. The van der Waals surface area contributed by atoms with E-state index in [0.29, 0.717) is 5.92 Å². The number of thiophene rings is 1. The highest BCUT2D eigenvalue weighted by atomic mass is 35.5. The van der Waals surface area contributed by atoms with Crippen LogP contribution in [0.3, 0.4) is 0 Å². The summed E-state index contributed by atoms with van der Waals surface area (Å²) >= 11 is 1.85. The molecule has 0 bridgehead atoms. The summed E-state index contributed by atoms with van der Waals surface area (Å²) in [6.45, 7) is 3.39. The molecule has 0 fully saturated rings. The van der Waals surface area contributed by atoms with Gasteiger partial charge < -0.3 is 5.32 Å². The first-order valence-corrected chi connectivity index (χ1v) is 4.90. The van der Waals surface area contributed by atoms with E-state index >= 15 is 0 Å². The van der Waals surface area contributed by atoms with E-state index in [2.05, 4.69) is 29.8 Å². The molecule has 0 aliphatic rings. The van der Waals surface area contributed by atoms with Gasteiger partial charge in [-0.15, -0.1) is 23.7 Å². The highest BCUT2D eigenvalue weighted by molar-refractivity contribution is 7.10. The van der Waals surface area contributed by atoms with Crippen LogP contribution in [0.25, 0.3) is 0 Å². The smallest absolute Gasteiger partial charge is 0.00739 e. The van der Waals surface area contributed by atoms with Crippen LogP contribution in [0.5, 0.6) is 0 Å². The lowest BCUT2D eigenvalue weighted by molar-refractivity contribution is 0.644. The van der Waals surface area contributed by atoms with Crippen molar-refractivity contribution in [2.24, 2.45) is 0 Å². The first kappa shape index (κ1) is 11.9. The Hall–Kier alpha value is -0.0500. The van der Waals surface area contributed by atoms with Gasteiger partial charge in [-0.25, -0.2) is 0 Å². The summed E-state index contributed by atoms with van der Waals surface area (Å²) in [6.07, 6.45) is 1.23. The maximum Gasteiger partial charge on any atom is 0.00739 e. The molecular weight excluding hydrogens is 190 g/mol. The van der Waals surface area contributed by atoms with E-state index in [1.165, 1.54) is 11.3 Å². The van der Waals surface area contributed by atoms with Crippen LogP contribution in [0.4, 0.5) is 0 Å². The van der Waals surface area contributed by atoms with Gasteiger partial charge >= 0.3 is 0 Å². The van der Waals surface area contributed by atoms with Crippen molar-refractivity contribution < 1.29 is 0 Å². The zero-order valence-corrected chi connectivity index (χ0v) is 9.17. The number of hydrogen-bond donors (Lipinski definition) is 1. The number of halogens is 1. The van der Waals surface area contributed by atoms with E-state index in [-0.39, 0.29) is 12.4 Å². The topological polar surface area (TPSA) is 12.0 Å². The van der Waals surface area contributed by atoms with Gasteiger partial charge in [0, 0.05) is 4.88 Å². The Kier molecular flexibility index (Phi) is 6.44. The third-order valence-electron chi connectivity index (χ3n) is 1.86. The minimum atomic E-state index is 0. The second-order valence-electron chi connectivity index (χ2n) is 2.81. The van der Waals surface area contributed by atoms with Gasteiger partial charge in [0.05, 0.1) is 0 Å². The third-order valence-corrected chi connectivity index (χ3v) is 2.96. The fourth-order valence-corrected chi connectivity index (χ4v) is 1.90. The maximum atomic E-state index is 3.17. The van der Waals surface area contributed by atoms with Crippen LogP contribution in [-0.2, 0) is 0 Å². The lowest BCUT2D eigenvalue weighted by Gasteiger charge is -2.07. The molecule has 0 aromatic carbocycles. The minimum Gasteiger partial charge on any atom is -0.320 e. The molecule has 0 saturated carbocycles. The van der Waals surface area contributed by atoms with Crippen LogP contribution in [0, 0.1) is 0 Å². The molecule has 0 aliphatic heterocycles. The molecule has 0 radical (unpaired) electrons. The molecule has 70 valence electrons. The normalized spacial score (nSPS) is 12.2. The lowest BCUT2D eigenvalue weighted by atomic mass is 10.1. The molecule has 1 aromatic heterocycles. The van der Waals surface area contributed by atoms with Gasteiger partial charge in [-0.3, -0.25) is 0 Å². The lowest BCUT2D eigenvalue weighted by Crippen LogP contribution is -2.10. The zero-order chi connectivity index (χ0) is 8.10. The fraction of sp³-hybridized carbons (Fsp3) is 0.556. The highest BCUT2D eigenvalue weighted by Crippen LogP contribution is 2.22. The standard InChI is InChI=1S/C9H15NS.ClH/c1-8(5-6-10-2)9-4-3-7-11-9;/h3-4,7-8,10H,5-6H2,1-2H3;1H. The van der Waals surface area contributed by atoms with Crippen molar-refractivity contribution >= 4 is 23.7 Å². The van der Waals surface area contributed by atoms with E-state index in [1.54, 1.807) is 0 Å². The molecule has 0 spiro atoms. The Morgan fingerprint density at radius 1 is 1.58 bits per heavy atom. The van der Waals surface area contributed by atoms with Gasteiger partial charge in [0.2, 0.25) is 0 Å². The monoisotopic (exact) mass is 205 g/mol. The summed E-state index contributed by atoms with van der Waals surface area (Å²) in [5.74, 6) is 0.711. The molecule has 1 rings (SSSR count). The van der Waals surface area contributed by atoms with Crippen molar-refractivity contribution in [1.82, 2.24) is 5.32 Å². The van der Waals surface area contributed by atoms with Crippen molar-refractivity contribution in [1.29, 1.82) is 0 Å².